The highest BCUT2D eigenvalue weighted by molar-refractivity contribution is 5.95. The Morgan fingerprint density at radius 3 is 3.00 bits per heavy atom. The Bertz CT molecular complexity index is 421. The minimum Gasteiger partial charge on any atom is -0.497 e. The Morgan fingerprint density at radius 1 is 1.71 bits per heavy atom. The number of hydrogen-bond donors (Lipinski definition) is 2. The largest absolute Gasteiger partial charge is 0.497 e. The lowest BCUT2D eigenvalue weighted by atomic mass is 10.2. The molecule has 0 aliphatic heterocycles. The zero-order valence-electron chi connectivity index (χ0n) is 9.57. The maximum Gasteiger partial charge on any atom is 0.241 e. The maximum absolute atomic E-state index is 13.4. The predicted octanol–water partition coefficient (Wildman–Crippen LogP) is 1.68. The van der Waals surface area contributed by atoms with Crippen LogP contribution >= 0.6 is 0 Å². The van der Waals surface area contributed by atoms with Crippen molar-refractivity contribution < 1.29 is 13.9 Å². The normalized spacial score (nSPS) is 11.7. The molecule has 0 spiro atoms. The topological polar surface area (TPSA) is 64.4 Å². The average Bonchev–Trinajstić information content (AvgIpc) is 2.32. The van der Waals surface area contributed by atoms with Crippen molar-refractivity contribution in [3.63, 3.8) is 0 Å². The van der Waals surface area contributed by atoms with Crippen LogP contribution in [0, 0.1) is 5.82 Å². The van der Waals surface area contributed by atoms with Gasteiger partial charge in [-0.15, -0.1) is 6.58 Å². The molecule has 0 bridgehead atoms. The molecule has 1 aromatic rings. The van der Waals surface area contributed by atoms with E-state index in [1.807, 2.05) is 0 Å². The molecule has 0 fully saturated rings. The van der Waals surface area contributed by atoms with Crippen LogP contribution in [0.3, 0.4) is 0 Å². The molecule has 4 nitrogen and oxygen atoms in total. The first-order valence-electron chi connectivity index (χ1n) is 5.09. The lowest BCUT2D eigenvalue weighted by Gasteiger charge is -2.11. The Balaban J connectivity index is 2.80. The molecule has 0 heterocycles. The summed E-state index contributed by atoms with van der Waals surface area (Å²) < 4.78 is 18.3. The summed E-state index contributed by atoms with van der Waals surface area (Å²) in [6.07, 6.45) is 1.86. The highest BCUT2D eigenvalue weighted by Crippen LogP contribution is 2.21. The lowest BCUT2D eigenvalue weighted by Crippen LogP contribution is -2.35. The fourth-order valence-corrected chi connectivity index (χ4v) is 1.24. The van der Waals surface area contributed by atoms with Crippen LogP contribution < -0.4 is 15.8 Å². The number of ether oxygens (including phenoxy) is 1. The second kappa shape index (κ2) is 6.00. The number of hydrogen-bond acceptors (Lipinski definition) is 3. The molecule has 1 amide bonds. The Morgan fingerprint density at radius 2 is 2.41 bits per heavy atom. The number of methoxy groups -OCH3 is 1. The third-order valence-corrected chi connectivity index (χ3v) is 2.19. The molecular weight excluding hydrogens is 223 g/mol. The summed E-state index contributed by atoms with van der Waals surface area (Å²) in [6, 6.07) is 3.34. The van der Waals surface area contributed by atoms with Crippen molar-refractivity contribution in [2.24, 2.45) is 5.73 Å². The number of carbonyl (C=O) groups excluding carboxylic acids is 1. The molecule has 1 aromatic carbocycles. The van der Waals surface area contributed by atoms with Gasteiger partial charge in [0.1, 0.15) is 11.6 Å². The average molecular weight is 238 g/mol. The number of carbonyl (C=O) groups is 1. The van der Waals surface area contributed by atoms with Gasteiger partial charge in [0.15, 0.2) is 0 Å². The van der Waals surface area contributed by atoms with Gasteiger partial charge in [0, 0.05) is 6.07 Å². The van der Waals surface area contributed by atoms with Crippen LogP contribution in [-0.2, 0) is 4.79 Å². The second-order valence-corrected chi connectivity index (χ2v) is 3.47. The Kier molecular flexibility index (Phi) is 4.66. The van der Waals surface area contributed by atoms with E-state index in [4.69, 9.17) is 10.5 Å². The molecule has 3 N–H and O–H groups in total. The lowest BCUT2D eigenvalue weighted by molar-refractivity contribution is -0.117. The molecule has 92 valence electrons. The van der Waals surface area contributed by atoms with Gasteiger partial charge in [0.2, 0.25) is 5.91 Å². The minimum atomic E-state index is -0.738. The van der Waals surface area contributed by atoms with E-state index in [1.54, 1.807) is 0 Å². The van der Waals surface area contributed by atoms with E-state index in [9.17, 15) is 9.18 Å². The smallest absolute Gasteiger partial charge is 0.241 e. The first-order chi connectivity index (χ1) is 8.08. The third-order valence-electron chi connectivity index (χ3n) is 2.19. The zero-order valence-corrected chi connectivity index (χ0v) is 9.57. The Hall–Kier alpha value is -1.88. The molecule has 1 unspecified atom stereocenters. The SMILES string of the molecule is C=CCC(N)C(=O)Nc1cc(OC)ccc1F. The fourth-order valence-electron chi connectivity index (χ4n) is 1.24. The molecule has 1 atom stereocenters. The standard InChI is InChI=1S/C12H15FN2O2/c1-3-4-10(14)12(16)15-11-7-8(17-2)5-6-9(11)13/h3,5-7,10H,1,4,14H2,2H3,(H,15,16). The highest BCUT2D eigenvalue weighted by Gasteiger charge is 2.14. The van der Waals surface area contributed by atoms with Crippen LogP contribution in [0.25, 0.3) is 0 Å². The van der Waals surface area contributed by atoms with Gasteiger partial charge in [-0.25, -0.2) is 4.39 Å². The summed E-state index contributed by atoms with van der Waals surface area (Å²) in [7, 11) is 1.46. The summed E-state index contributed by atoms with van der Waals surface area (Å²) in [5.74, 6) is -0.541. The van der Waals surface area contributed by atoms with Gasteiger partial charge in [-0.1, -0.05) is 6.08 Å². The van der Waals surface area contributed by atoms with E-state index < -0.39 is 17.8 Å². The number of rotatable bonds is 5. The van der Waals surface area contributed by atoms with Crippen molar-refractivity contribution in [1.82, 2.24) is 0 Å². The number of halogens is 1. The Labute approximate surface area is 99.3 Å². The first-order valence-corrected chi connectivity index (χ1v) is 5.09. The summed E-state index contributed by atoms with van der Waals surface area (Å²) in [6.45, 7) is 3.48. The third kappa shape index (κ3) is 3.57. The van der Waals surface area contributed by atoms with Crippen molar-refractivity contribution in [2.45, 2.75) is 12.5 Å². The molecule has 17 heavy (non-hydrogen) atoms. The summed E-state index contributed by atoms with van der Waals surface area (Å²) in [4.78, 5) is 11.6. The molecule has 0 saturated heterocycles. The molecule has 0 radical (unpaired) electrons. The van der Waals surface area contributed by atoms with Gasteiger partial charge in [0.25, 0.3) is 0 Å². The summed E-state index contributed by atoms with van der Waals surface area (Å²) in [5.41, 5.74) is 5.61. The fraction of sp³-hybridized carbons (Fsp3) is 0.250. The van der Waals surface area contributed by atoms with Crippen molar-refractivity contribution in [3.05, 3.63) is 36.7 Å². The molecule has 0 aliphatic carbocycles. The van der Waals surface area contributed by atoms with E-state index in [0.29, 0.717) is 12.2 Å². The number of nitrogens with one attached hydrogen (secondary N) is 1. The van der Waals surface area contributed by atoms with Crippen molar-refractivity contribution in [2.75, 3.05) is 12.4 Å². The van der Waals surface area contributed by atoms with Gasteiger partial charge >= 0.3 is 0 Å². The number of nitrogens with two attached hydrogens (primary N) is 1. The summed E-state index contributed by atoms with van der Waals surface area (Å²) in [5, 5.41) is 2.40. The first kappa shape index (κ1) is 13.2. The molecule has 0 aromatic heterocycles. The van der Waals surface area contributed by atoms with E-state index in [0.717, 1.165) is 0 Å². The van der Waals surface area contributed by atoms with Crippen LogP contribution in [-0.4, -0.2) is 19.1 Å². The van der Waals surface area contributed by atoms with E-state index in [1.165, 1.54) is 31.4 Å². The van der Waals surface area contributed by atoms with E-state index in [2.05, 4.69) is 11.9 Å². The van der Waals surface area contributed by atoms with Gasteiger partial charge < -0.3 is 15.8 Å². The van der Waals surface area contributed by atoms with Crippen LogP contribution in [0.4, 0.5) is 10.1 Å². The maximum atomic E-state index is 13.4. The predicted molar refractivity (Wildman–Crippen MR) is 64.4 cm³/mol. The summed E-state index contributed by atoms with van der Waals surface area (Å²) >= 11 is 0. The van der Waals surface area contributed by atoms with Crippen LogP contribution in [0.5, 0.6) is 5.75 Å². The second-order valence-electron chi connectivity index (χ2n) is 3.47. The van der Waals surface area contributed by atoms with Gasteiger partial charge in [0.05, 0.1) is 18.8 Å². The van der Waals surface area contributed by atoms with Crippen LogP contribution in [0.1, 0.15) is 6.42 Å². The van der Waals surface area contributed by atoms with Gasteiger partial charge in [-0.3, -0.25) is 4.79 Å². The molecule has 0 saturated carbocycles. The van der Waals surface area contributed by atoms with Crippen LogP contribution in [0.15, 0.2) is 30.9 Å². The monoisotopic (exact) mass is 238 g/mol. The van der Waals surface area contributed by atoms with E-state index >= 15 is 0 Å². The molecular formula is C12H15FN2O2. The number of anilines is 1. The highest BCUT2D eigenvalue weighted by atomic mass is 19.1. The van der Waals surface area contributed by atoms with Crippen molar-refractivity contribution in [1.29, 1.82) is 0 Å². The van der Waals surface area contributed by atoms with Gasteiger partial charge in [-0.05, 0) is 18.6 Å². The van der Waals surface area contributed by atoms with Crippen LogP contribution in [0.2, 0.25) is 0 Å². The van der Waals surface area contributed by atoms with Crippen molar-refractivity contribution in [3.8, 4) is 5.75 Å². The number of amides is 1. The minimum absolute atomic E-state index is 0.0499. The van der Waals surface area contributed by atoms with Gasteiger partial charge in [-0.2, -0.15) is 0 Å². The molecule has 0 aliphatic rings. The number of benzene rings is 1. The van der Waals surface area contributed by atoms with Crippen molar-refractivity contribution >= 4 is 11.6 Å². The molecule has 1 rings (SSSR count). The zero-order chi connectivity index (χ0) is 12.8. The van der Waals surface area contributed by atoms with E-state index in [-0.39, 0.29) is 5.69 Å². The quantitative estimate of drug-likeness (QED) is 0.767. The molecule has 5 heteroatoms.